The Labute approximate surface area is 281 Å². The molecule has 4 rings (SSSR count). The number of esters is 2. The Morgan fingerprint density at radius 3 is 1.28 bits per heavy atom. The van der Waals surface area contributed by atoms with Crippen molar-refractivity contribution in [2.24, 2.45) is 10.2 Å². The van der Waals surface area contributed by atoms with E-state index >= 15 is 0 Å². The maximum Gasteiger partial charge on any atom is 0.343 e. The molecule has 18 nitrogen and oxygen atoms in total. The Morgan fingerprint density at radius 2 is 0.960 bits per heavy atom. The zero-order chi connectivity index (χ0) is 36.2. The number of nitrogens with zero attached hydrogens (tertiary/aromatic N) is 4. The van der Waals surface area contributed by atoms with Gasteiger partial charge in [0.05, 0.1) is 47.6 Å². The first-order chi connectivity index (χ1) is 24.0. The van der Waals surface area contributed by atoms with Crippen LogP contribution in [0.15, 0.2) is 95.1 Å². The lowest BCUT2D eigenvalue weighted by atomic mass is 10.2. The number of hydrogen-bond acceptors (Lipinski definition) is 14. The number of nitrogens with one attached hydrogen (secondary N) is 2. The van der Waals surface area contributed by atoms with Gasteiger partial charge >= 0.3 is 35.1 Å². The molecule has 18 heteroatoms. The fourth-order valence-electron chi connectivity index (χ4n) is 3.89. The molecule has 4 aromatic rings. The van der Waals surface area contributed by atoms with Crippen molar-refractivity contribution in [3.05, 3.63) is 127 Å². The van der Waals surface area contributed by atoms with E-state index in [1.165, 1.54) is 74.9 Å². The molecular formula is C32H24N6O12. The molecule has 0 aliphatic carbocycles. The van der Waals surface area contributed by atoms with Crippen molar-refractivity contribution >= 4 is 47.6 Å². The van der Waals surface area contributed by atoms with E-state index in [2.05, 4.69) is 10.2 Å². The lowest BCUT2D eigenvalue weighted by molar-refractivity contribution is -0.385. The van der Waals surface area contributed by atoms with Crippen LogP contribution >= 0.6 is 0 Å². The van der Waals surface area contributed by atoms with Gasteiger partial charge in [-0.1, -0.05) is 0 Å². The number of rotatable bonds is 12. The quantitative estimate of drug-likeness (QED) is 0.0544. The smallest absolute Gasteiger partial charge is 0.343 e. The summed E-state index contributed by atoms with van der Waals surface area (Å²) >= 11 is 0. The van der Waals surface area contributed by atoms with Crippen LogP contribution in [-0.2, 0) is 9.59 Å². The van der Waals surface area contributed by atoms with Crippen LogP contribution in [0.25, 0.3) is 0 Å². The molecule has 2 amide bonds. The molecule has 4 aromatic carbocycles. The highest BCUT2D eigenvalue weighted by Gasteiger charge is 2.21. The van der Waals surface area contributed by atoms with E-state index in [1.807, 2.05) is 10.9 Å². The van der Waals surface area contributed by atoms with Gasteiger partial charge in [0.2, 0.25) is 11.5 Å². The molecular weight excluding hydrogens is 660 g/mol. The zero-order valence-electron chi connectivity index (χ0n) is 25.9. The van der Waals surface area contributed by atoms with Crippen molar-refractivity contribution in [3.8, 4) is 23.0 Å². The Hall–Kier alpha value is -7.50. The van der Waals surface area contributed by atoms with Crippen LogP contribution in [-0.4, -0.2) is 60.2 Å². The van der Waals surface area contributed by atoms with Crippen molar-refractivity contribution in [2.45, 2.75) is 0 Å². The molecule has 0 aliphatic heterocycles. The molecule has 0 aliphatic rings. The van der Waals surface area contributed by atoms with E-state index in [4.69, 9.17) is 18.9 Å². The maximum absolute atomic E-state index is 12.4. The third kappa shape index (κ3) is 9.28. The first-order valence-electron chi connectivity index (χ1n) is 13.9. The normalized spacial score (nSPS) is 10.7. The fraction of sp³-hybridized carbons (Fsp3) is 0.0625. The molecule has 0 unspecified atom stereocenters. The van der Waals surface area contributed by atoms with Crippen LogP contribution in [0.4, 0.5) is 11.4 Å². The minimum Gasteiger partial charge on any atom is -0.497 e. The third-order valence-corrected chi connectivity index (χ3v) is 6.38. The molecule has 254 valence electrons. The van der Waals surface area contributed by atoms with Crippen molar-refractivity contribution < 1.29 is 48.0 Å². The number of nitro groups is 2. The zero-order valence-corrected chi connectivity index (χ0v) is 25.9. The van der Waals surface area contributed by atoms with Gasteiger partial charge in [-0.15, -0.1) is 0 Å². The average Bonchev–Trinajstić information content (AvgIpc) is 3.12. The molecule has 0 atom stereocenters. The highest BCUT2D eigenvalue weighted by molar-refractivity contribution is 6.35. The van der Waals surface area contributed by atoms with E-state index in [1.54, 1.807) is 0 Å². The summed E-state index contributed by atoms with van der Waals surface area (Å²) in [6, 6.07) is 18.8. The third-order valence-electron chi connectivity index (χ3n) is 6.38. The Bertz CT molecular complexity index is 1870. The minimum absolute atomic E-state index is 0.111. The van der Waals surface area contributed by atoms with Crippen molar-refractivity contribution in [3.63, 3.8) is 0 Å². The molecule has 0 fully saturated rings. The number of methoxy groups -OCH3 is 2. The Morgan fingerprint density at radius 1 is 0.600 bits per heavy atom. The summed E-state index contributed by atoms with van der Waals surface area (Å²) in [5.74, 6) is -3.94. The molecule has 0 radical (unpaired) electrons. The minimum atomic E-state index is -1.27. The van der Waals surface area contributed by atoms with Crippen LogP contribution in [0, 0.1) is 20.2 Å². The van der Waals surface area contributed by atoms with Gasteiger partial charge in [-0.05, 0) is 72.8 Å². The number of nitro benzene ring substituents is 2. The maximum atomic E-state index is 12.4. The summed E-state index contributed by atoms with van der Waals surface area (Å²) in [6.45, 7) is 0. The van der Waals surface area contributed by atoms with Crippen LogP contribution < -0.4 is 29.8 Å². The van der Waals surface area contributed by atoms with E-state index in [0.29, 0.717) is 11.5 Å². The number of carbonyl (C=O) groups excluding carboxylic acids is 4. The predicted molar refractivity (Wildman–Crippen MR) is 174 cm³/mol. The van der Waals surface area contributed by atoms with Crippen molar-refractivity contribution in [1.29, 1.82) is 0 Å². The standard InChI is InChI=1S/C32H24N6O12/c1-47-23-9-5-21(6-10-23)31(41)49-27-13-3-19(15-25(27)37(43)44)17-33-35-29(39)30(40)36-34-18-20-4-14-28(26(16-20)38(45)46)50-32(42)22-7-11-24(48-2)12-8-22/h3-18H,1-2H3,(H,35,39)(H,36,40). The van der Waals surface area contributed by atoms with Crippen LogP contribution in [0.3, 0.4) is 0 Å². The lowest BCUT2D eigenvalue weighted by Gasteiger charge is -2.07. The molecule has 50 heavy (non-hydrogen) atoms. The summed E-state index contributed by atoms with van der Waals surface area (Å²) < 4.78 is 20.4. The SMILES string of the molecule is COc1ccc(C(=O)Oc2ccc(C=NNC(=O)C(=O)NN=Cc3ccc(OC(=O)c4ccc(OC)cc4)c([N+](=O)[O-])c3)cc2[N+](=O)[O-])cc1. The first-order valence-corrected chi connectivity index (χ1v) is 13.9. The summed E-state index contributed by atoms with van der Waals surface area (Å²) in [7, 11) is 2.90. The van der Waals surface area contributed by atoms with Gasteiger partial charge in [0.1, 0.15) is 11.5 Å². The largest absolute Gasteiger partial charge is 0.497 e. The number of ether oxygens (including phenoxy) is 4. The Kier molecular flexibility index (Phi) is 11.6. The second-order valence-corrected chi connectivity index (χ2v) is 9.60. The topological polar surface area (TPSA) is 240 Å². The van der Waals surface area contributed by atoms with Gasteiger partial charge in [-0.25, -0.2) is 20.4 Å². The molecule has 2 N–H and O–H groups in total. The highest BCUT2D eigenvalue weighted by atomic mass is 16.6. The summed E-state index contributed by atoms with van der Waals surface area (Å²) in [6.07, 6.45) is 2.00. The van der Waals surface area contributed by atoms with E-state index in [9.17, 15) is 39.4 Å². The molecule has 0 spiro atoms. The predicted octanol–water partition coefficient (Wildman–Crippen LogP) is 3.56. The first kappa shape index (κ1) is 35.4. The van der Waals surface area contributed by atoms with E-state index in [0.717, 1.165) is 36.7 Å². The van der Waals surface area contributed by atoms with Crippen LogP contribution in [0.5, 0.6) is 23.0 Å². The van der Waals surface area contributed by atoms with Gasteiger partial charge in [0, 0.05) is 23.3 Å². The van der Waals surface area contributed by atoms with Gasteiger partial charge in [-0.2, -0.15) is 10.2 Å². The second-order valence-electron chi connectivity index (χ2n) is 9.60. The van der Waals surface area contributed by atoms with E-state index < -0.39 is 45.0 Å². The fourth-order valence-corrected chi connectivity index (χ4v) is 3.89. The van der Waals surface area contributed by atoms with Crippen LogP contribution in [0.1, 0.15) is 31.8 Å². The number of hydrogen-bond donors (Lipinski definition) is 2. The molecule has 0 saturated heterocycles. The second kappa shape index (κ2) is 16.4. The molecule has 0 aromatic heterocycles. The molecule has 0 bridgehead atoms. The lowest BCUT2D eigenvalue weighted by Crippen LogP contribution is -2.35. The van der Waals surface area contributed by atoms with Gasteiger partial charge < -0.3 is 18.9 Å². The molecule has 0 heterocycles. The Balaban J connectivity index is 1.33. The summed E-state index contributed by atoms with van der Waals surface area (Å²) in [5, 5.41) is 30.3. The van der Waals surface area contributed by atoms with Crippen LogP contribution in [0.2, 0.25) is 0 Å². The molecule has 0 saturated carbocycles. The highest BCUT2D eigenvalue weighted by Crippen LogP contribution is 2.30. The van der Waals surface area contributed by atoms with Crippen molar-refractivity contribution in [2.75, 3.05) is 14.2 Å². The summed E-state index contributed by atoms with van der Waals surface area (Å²) in [4.78, 5) is 70.7. The summed E-state index contributed by atoms with van der Waals surface area (Å²) in [5.41, 5.74) is 3.15. The van der Waals surface area contributed by atoms with E-state index in [-0.39, 0.29) is 33.8 Å². The average molecular weight is 685 g/mol. The van der Waals surface area contributed by atoms with Gasteiger partial charge in [0.15, 0.2) is 0 Å². The number of amides is 2. The number of hydrazone groups is 2. The monoisotopic (exact) mass is 684 g/mol. The van der Waals surface area contributed by atoms with Gasteiger partial charge in [0.25, 0.3) is 0 Å². The number of carbonyl (C=O) groups is 4. The number of benzene rings is 4. The van der Waals surface area contributed by atoms with Crippen molar-refractivity contribution in [1.82, 2.24) is 10.9 Å². The van der Waals surface area contributed by atoms with Gasteiger partial charge in [-0.3, -0.25) is 29.8 Å².